The summed E-state index contributed by atoms with van der Waals surface area (Å²) in [5, 5.41) is 1.54. The van der Waals surface area contributed by atoms with Crippen molar-refractivity contribution in [2.24, 2.45) is 5.73 Å². The third-order valence-electron chi connectivity index (χ3n) is 3.18. The average molecular weight is 348 g/mol. The molecular weight excluding hydrogens is 334 g/mol. The maximum Gasteiger partial charge on any atom is 0.147 e. The Labute approximate surface area is 142 Å². The Morgan fingerprint density at radius 2 is 1.95 bits per heavy atom. The highest BCUT2D eigenvalue weighted by Crippen LogP contribution is 2.33. The van der Waals surface area contributed by atoms with Gasteiger partial charge in [0.25, 0.3) is 0 Å². The predicted octanol–water partition coefficient (Wildman–Crippen LogP) is 4.61. The fourth-order valence-electron chi connectivity index (χ4n) is 2.04. The van der Waals surface area contributed by atoms with E-state index in [-0.39, 0.29) is 0 Å². The second-order valence-electron chi connectivity index (χ2n) is 4.64. The molecule has 0 atom stereocenters. The van der Waals surface area contributed by atoms with Crippen LogP contribution in [-0.4, -0.2) is 9.36 Å². The van der Waals surface area contributed by atoms with Crippen molar-refractivity contribution in [1.82, 2.24) is 9.36 Å². The first-order chi connectivity index (χ1) is 10.8. The highest BCUT2D eigenvalue weighted by atomic mass is 35.5. The molecule has 0 radical (unpaired) electrons. The third-order valence-corrected chi connectivity index (χ3v) is 5.55. The molecule has 0 amide bonds. The minimum Gasteiger partial charge on any atom is -0.326 e. The molecule has 1 aromatic carbocycles. The molecule has 0 unspecified atom stereocenters. The Morgan fingerprint density at radius 1 is 1.14 bits per heavy atom. The van der Waals surface area contributed by atoms with E-state index >= 15 is 0 Å². The Kier molecular flexibility index (Phi) is 5.10. The minimum atomic E-state index is 0.405. The van der Waals surface area contributed by atoms with Crippen molar-refractivity contribution in [3.8, 4) is 10.4 Å². The van der Waals surface area contributed by atoms with E-state index in [0.717, 1.165) is 26.8 Å². The summed E-state index contributed by atoms with van der Waals surface area (Å²) in [6.07, 6.45) is 1.81. The van der Waals surface area contributed by atoms with Crippen LogP contribution in [0.3, 0.4) is 0 Å². The molecule has 3 aromatic rings. The van der Waals surface area contributed by atoms with Gasteiger partial charge in [0.05, 0.1) is 9.90 Å². The van der Waals surface area contributed by atoms with Crippen molar-refractivity contribution in [2.45, 2.75) is 17.3 Å². The predicted molar refractivity (Wildman–Crippen MR) is 94.2 cm³/mol. The van der Waals surface area contributed by atoms with Crippen molar-refractivity contribution in [3.05, 3.63) is 64.9 Å². The molecule has 0 bridgehead atoms. The summed E-state index contributed by atoms with van der Waals surface area (Å²) in [6, 6.07) is 14.4. The number of thioether (sulfide) groups is 1. The number of rotatable bonds is 5. The summed E-state index contributed by atoms with van der Waals surface area (Å²) in [5.74, 6) is 0.893. The second kappa shape index (κ2) is 7.24. The first kappa shape index (κ1) is 15.5. The summed E-state index contributed by atoms with van der Waals surface area (Å²) >= 11 is 9.17. The molecular formula is C16H14ClN3S2. The van der Waals surface area contributed by atoms with E-state index in [9.17, 15) is 0 Å². The first-order valence-corrected chi connectivity index (χ1v) is 8.89. The Bertz CT molecular complexity index is 742. The quantitative estimate of drug-likeness (QED) is 0.685. The van der Waals surface area contributed by atoms with Crippen LogP contribution >= 0.6 is 34.9 Å². The summed E-state index contributed by atoms with van der Waals surface area (Å²) in [6.45, 7) is 0.405. The van der Waals surface area contributed by atoms with Gasteiger partial charge in [-0.15, -0.1) is 11.8 Å². The Hall–Kier alpha value is -1.40. The fourth-order valence-corrected chi connectivity index (χ4v) is 4.00. The number of benzene rings is 1. The third kappa shape index (κ3) is 3.50. The van der Waals surface area contributed by atoms with Crippen LogP contribution in [0.2, 0.25) is 5.15 Å². The van der Waals surface area contributed by atoms with Crippen molar-refractivity contribution in [1.29, 1.82) is 0 Å². The summed E-state index contributed by atoms with van der Waals surface area (Å²) < 4.78 is 4.18. The molecule has 2 aromatic heterocycles. The highest BCUT2D eigenvalue weighted by molar-refractivity contribution is 7.98. The fraction of sp³-hybridized carbons (Fsp3) is 0.125. The van der Waals surface area contributed by atoms with Gasteiger partial charge in [-0.3, -0.25) is 0 Å². The minimum absolute atomic E-state index is 0.405. The van der Waals surface area contributed by atoms with Gasteiger partial charge >= 0.3 is 0 Å². The molecule has 112 valence electrons. The van der Waals surface area contributed by atoms with Crippen LogP contribution < -0.4 is 5.73 Å². The summed E-state index contributed by atoms with van der Waals surface area (Å²) in [7, 11) is 0. The maximum atomic E-state index is 6.05. The topological polar surface area (TPSA) is 51.8 Å². The lowest BCUT2D eigenvalue weighted by atomic mass is 10.1. The zero-order chi connectivity index (χ0) is 15.4. The van der Waals surface area contributed by atoms with Gasteiger partial charge in [0.1, 0.15) is 5.15 Å². The Morgan fingerprint density at radius 3 is 2.64 bits per heavy atom. The van der Waals surface area contributed by atoms with Crippen LogP contribution in [0.15, 0.2) is 53.7 Å². The SMILES string of the molecule is NCc1c(Cl)nsc1-c1ccc(CSc2ccccn2)cc1. The van der Waals surface area contributed by atoms with E-state index in [4.69, 9.17) is 17.3 Å². The maximum absolute atomic E-state index is 6.05. The number of aromatic nitrogens is 2. The molecule has 22 heavy (non-hydrogen) atoms. The monoisotopic (exact) mass is 347 g/mol. The lowest BCUT2D eigenvalue weighted by Gasteiger charge is -2.04. The van der Waals surface area contributed by atoms with Crippen LogP contribution in [0.5, 0.6) is 0 Å². The number of hydrogen-bond acceptors (Lipinski definition) is 5. The molecule has 0 fully saturated rings. The standard InChI is InChI=1S/C16H14ClN3S2/c17-16-13(9-18)15(22-20-16)12-6-4-11(5-7-12)10-21-14-3-1-2-8-19-14/h1-8H,9-10,18H2. The zero-order valence-electron chi connectivity index (χ0n) is 11.7. The van der Waals surface area contributed by atoms with E-state index in [0.29, 0.717) is 11.7 Å². The number of nitrogens with two attached hydrogens (primary N) is 1. The van der Waals surface area contributed by atoms with E-state index in [2.05, 4.69) is 33.6 Å². The van der Waals surface area contributed by atoms with Gasteiger partial charge in [0.2, 0.25) is 0 Å². The Balaban J connectivity index is 1.72. The van der Waals surface area contributed by atoms with Gasteiger partial charge in [0.15, 0.2) is 0 Å². The largest absolute Gasteiger partial charge is 0.326 e. The van der Waals surface area contributed by atoms with Crippen molar-refractivity contribution < 1.29 is 0 Å². The lowest BCUT2D eigenvalue weighted by molar-refractivity contribution is 1.08. The van der Waals surface area contributed by atoms with Gasteiger partial charge in [-0.2, -0.15) is 4.37 Å². The van der Waals surface area contributed by atoms with Crippen LogP contribution in [-0.2, 0) is 12.3 Å². The van der Waals surface area contributed by atoms with Gasteiger partial charge in [0, 0.05) is 24.1 Å². The molecule has 3 rings (SSSR count). The molecule has 2 N–H and O–H groups in total. The number of nitrogens with zero attached hydrogens (tertiary/aromatic N) is 2. The second-order valence-corrected chi connectivity index (χ2v) is 6.77. The van der Waals surface area contributed by atoms with Crippen molar-refractivity contribution >= 4 is 34.9 Å². The van der Waals surface area contributed by atoms with Gasteiger partial charge in [-0.05, 0) is 34.8 Å². The average Bonchev–Trinajstić information content (AvgIpc) is 2.95. The van der Waals surface area contributed by atoms with E-state index in [1.165, 1.54) is 17.1 Å². The molecule has 6 heteroatoms. The highest BCUT2D eigenvalue weighted by Gasteiger charge is 2.12. The van der Waals surface area contributed by atoms with Crippen LogP contribution in [0.1, 0.15) is 11.1 Å². The number of hydrogen-bond donors (Lipinski definition) is 1. The lowest BCUT2D eigenvalue weighted by Crippen LogP contribution is -1.96. The normalized spacial score (nSPS) is 10.8. The zero-order valence-corrected chi connectivity index (χ0v) is 14.1. The molecule has 0 saturated heterocycles. The molecule has 2 heterocycles. The smallest absolute Gasteiger partial charge is 0.147 e. The van der Waals surface area contributed by atoms with E-state index in [1.807, 2.05) is 24.4 Å². The number of pyridine rings is 1. The van der Waals surface area contributed by atoms with Crippen molar-refractivity contribution in [3.63, 3.8) is 0 Å². The van der Waals surface area contributed by atoms with Gasteiger partial charge < -0.3 is 5.73 Å². The number of halogens is 1. The van der Waals surface area contributed by atoms with Crippen LogP contribution in [0.25, 0.3) is 10.4 Å². The molecule has 0 spiro atoms. The molecule has 0 aliphatic heterocycles. The molecule has 3 nitrogen and oxygen atoms in total. The molecule has 0 saturated carbocycles. The van der Waals surface area contributed by atoms with Crippen LogP contribution in [0, 0.1) is 0 Å². The molecule has 0 aliphatic carbocycles. The van der Waals surface area contributed by atoms with Gasteiger partial charge in [-0.1, -0.05) is 41.9 Å². The molecule has 0 aliphatic rings. The van der Waals surface area contributed by atoms with Crippen LogP contribution in [0.4, 0.5) is 0 Å². The van der Waals surface area contributed by atoms with Crippen molar-refractivity contribution in [2.75, 3.05) is 0 Å². The first-order valence-electron chi connectivity index (χ1n) is 6.75. The summed E-state index contributed by atoms with van der Waals surface area (Å²) in [4.78, 5) is 5.36. The van der Waals surface area contributed by atoms with E-state index in [1.54, 1.807) is 11.8 Å². The van der Waals surface area contributed by atoms with Gasteiger partial charge in [-0.25, -0.2) is 4.98 Å². The van der Waals surface area contributed by atoms with E-state index < -0.39 is 0 Å². The summed E-state index contributed by atoms with van der Waals surface area (Å²) in [5.41, 5.74) is 9.03.